The van der Waals surface area contributed by atoms with Crippen LogP contribution in [0.2, 0.25) is 5.02 Å². The van der Waals surface area contributed by atoms with Gasteiger partial charge < -0.3 is 20.7 Å². The van der Waals surface area contributed by atoms with Gasteiger partial charge in [0.15, 0.2) is 0 Å². The van der Waals surface area contributed by atoms with Gasteiger partial charge in [-0.2, -0.15) is 0 Å². The number of pyridine rings is 1. The smallest absolute Gasteiger partial charge is 0.312 e. The van der Waals surface area contributed by atoms with E-state index in [4.69, 9.17) is 17.3 Å². The second-order valence-electron chi connectivity index (χ2n) is 8.12. The maximum absolute atomic E-state index is 13.0. The highest BCUT2D eigenvalue weighted by molar-refractivity contribution is 6.30. The van der Waals surface area contributed by atoms with Gasteiger partial charge in [-0.3, -0.25) is 9.59 Å². The van der Waals surface area contributed by atoms with Gasteiger partial charge in [0.05, 0.1) is 18.1 Å². The summed E-state index contributed by atoms with van der Waals surface area (Å²) >= 11 is 6.03. The Kier molecular flexibility index (Phi) is 7.42. The Hall–Kier alpha value is -4.17. The van der Waals surface area contributed by atoms with Gasteiger partial charge in [-0.1, -0.05) is 60.1 Å². The summed E-state index contributed by atoms with van der Waals surface area (Å²) in [6, 6.07) is 19.9. The summed E-state index contributed by atoms with van der Waals surface area (Å²) in [5.74, 6) is -1.77. The molecular formula is C26H24ClN5O3. The number of aliphatic carboxylic acids is 1. The molecule has 2 unspecified atom stereocenters. The number of hydrogen-bond acceptors (Lipinski definition) is 5. The fourth-order valence-electron chi connectivity index (χ4n) is 3.79. The zero-order valence-corrected chi connectivity index (χ0v) is 19.5. The van der Waals surface area contributed by atoms with Crippen LogP contribution in [-0.4, -0.2) is 31.5 Å². The summed E-state index contributed by atoms with van der Waals surface area (Å²) in [6.07, 6.45) is 4.81. The lowest BCUT2D eigenvalue weighted by molar-refractivity contribution is -0.138. The van der Waals surface area contributed by atoms with Gasteiger partial charge in [0.2, 0.25) is 5.91 Å². The molecule has 0 aliphatic carbocycles. The molecule has 0 saturated carbocycles. The zero-order chi connectivity index (χ0) is 24.8. The van der Waals surface area contributed by atoms with Crippen molar-refractivity contribution in [3.8, 4) is 0 Å². The Bertz CT molecular complexity index is 1290. The molecule has 9 heteroatoms. The maximum atomic E-state index is 13.0. The number of anilines is 1. The average molecular weight is 490 g/mol. The molecule has 0 spiro atoms. The van der Waals surface area contributed by atoms with Gasteiger partial charge in [-0.15, -0.1) is 0 Å². The highest BCUT2D eigenvalue weighted by atomic mass is 35.5. The Morgan fingerprint density at radius 2 is 1.71 bits per heavy atom. The molecule has 2 heterocycles. The first kappa shape index (κ1) is 24.0. The van der Waals surface area contributed by atoms with Crippen LogP contribution in [0.15, 0.2) is 85.5 Å². The monoisotopic (exact) mass is 489 g/mol. The standard InChI is InChI=1S/C26H24ClN5O3/c27-20-9-7-19(8-10-20)25(18-4-2-1-3-5-18)31-24(33)15-32-14-22(30-16-32)21(26(34)35)12-17-6-11-23(28)29-13-17/h1-11,13-14,16,21,25H,12,15H2,(H2,28,29)(H,31,33)(H,34,35). The van der Waals surface area contributed by atoms with Crippen molar-refractivity contribution in [2.24, 2.45) is 0 Å². The SMILES string of the molecule is Nc1ccc(CC(C(=O)O)c2cn(CC(=O)NC(c3ccccc3)c3ccc(Cl)cc3)cn2)cn1. The molecule has 0 saturated heterocycles. The van der Waals surface area contributed by atoms with E-state index in [2.05, 4.69) is 15.3 Å². The Labute approximate surface area is 207 Å². The number of imidazole rings is 1. The third kappa shape index (κ3) is 6.24. The number of benzene rings is 2. The first-order chi connectivity index (χ1) is 16.9. The maximum Gasteiger partial charge on any atom is 0.312 e. The van der Waals surface area contributed by atoms with Crippen molar-refractivity contribution in [2.45, 2.75) is 24.9 Å². The number of hydrogen-bond donors (Lipinski definition) is 3. The molecule has 1 amide bonds. The van der Waals surface area contributed by atoms with Crippen LogP contribution in [0.5, 0.6) is 0 Å². The Morgan fingerprint density at radius 3 is 2.37 bits per heavy atom. The largest absolute Gasteiger partial charge is 0.481 e. The minimum absolute atomic E-state index is 0.0142. The number of nitrogens with two attached hydrogens (primary N) is 1. The molecule has 0 radical (unpaired) electrons. The van der Waals surface area contributed by atoms with Crippen LogP contribution in [0.3, 0.4) is 0 Å². The number of carbonyl (C=O) groups excluding carboxylic acids is 1. The number of nitrogens with one attached hydrogen (secondary N) is 1. The van der Waals surface area contributed by atoms with Crippen molar-refractivity contribution in [3.63, 3.8) is 0 Å². The number of rotatable bonds is 9. The van der Waals surface area contributed by atoms with E-state index in [1.54, 1.807) is 41.2 Å². The number of nitrogen functional groups attached to an aromatic ring is 1. The molecule has 0 aliphatic heterocycles. The van der Waals surface area contributed by atoms with Crippen LogP contribution in [0, 0.1) is 0 Å². The van der Waals surface area contributed by atoms with E-state index in [1.807, 2.05) is 42.5 Å². The fraction of sp³-hybridized carbons (Fsp3) is 0.154. The summed E-state index contributed by atoms with van der Waals surface area (Å²) in [6.45, 7) is -0.0142. The van der Waals surface area contributed by atoms with Gasteiger partial charge in [0.25, 0.3) is 0 Å². The minimum Gasteiger partial charge on any atom is -0.481 e. The first-order valence-corrected chi connectivity index (χ1v) is 11.3. The van der Waals surface area contributed by atoms with E-state index in [9.17, 15) is 14.7 Å². The molecule has 178 valence electrons. The second-order valence-corrected chi connectivity index (χ2v) is 8.56. The van der Waals surface area contributed by atoms with E-state index < -0.39 is 11.9 Å². The minimum atomic E-state index is -1.01. The van der Waals surface area contributed by atoms with Crippen LogP contribution in [0.1, 0.15) is 34.3 Å². The highest BCUT2D eigenvalue weighted by Gasteiger charge is 2.24. The van der Waals surface area contributed by atoms with Gasteiger partial charge >= 0.3 is 5.97 Å². The predicted molar refractivity (Wildman–Crippen MR) is 133 cm³/mol. The van der Waals surface area contributed by atoms with Gasteiger partial charge in [0.1, 0.15) is 18.3 Å². The van der Waals surface area contributed by atoms with Crippen LogP contribution in [0.4, 0.5) is 5.82 Å². The van der Waals surface area contributed by atoms with Crippen molar-refractivity contribution in [3.05, 3.63) is 113 Å². The van der Waals surface area contributed by atoms with Crippen molar-refractivity contribution < 1.29 is 14.7 Å². The van der Waals surface area contributed by atoms with E-state index in [1.165, 1.54) is 6.33 Å². The number of carboxylic acids is 1. The number of nitrogens with zero attached hydrogens (tertiary/aromatic N) is 3. The number of aromatic nitrogens is 3. The predicted octanol–water partition coefficient (Wildman–Crippen LogP) is 3.83. The number of carbonyl (C=O) groups is 2. The third-order valence-corrected chi connectivity index (χ3v) is 5.82. The van der Waals surface area contributed by atoms with Gasteiger partial charge in [0, 0.05) is 17.4 Å². The van der Waals surface area contributed by atoms with Crippen molar-refractivity contribution in [2.75, 3.05) is 5.73 Å². The molecule has 4 rings (SSSR count). The second kappa shape index (κ2) is 10.8. The normalized spacial score (nSPS) is 12.6. The van der Waals surface area contributed by atoms with Gasteiger partial charge in [-0.25, -0.2) is 9.97 Å². The molecule has 8 nitrogen and oxygen atoms in total. The lowest BCUT2D eigenvalue weighted by atomic mass is 9.98. The van der Waals surface area contributed by atoms with Crippen molar-refractivity contribution in [1.29, 1.82) is 0 Å². The average Bonchev–Trinajstić information content (AvgIpc) is 3.31. The molecule has 4 aromatic rings. The quantitative estimate of drug-likeness (QED) is 0.328. The van der Waals surface area contributed by atoms with E-state index in [-0.39, 0.29) is 24.9 Å². The summed E-state index contributed by atoms with van der Waals surface area (Å²) in [5.41, 5.74) is 8.52. The molecule has 0 aliphatic rings. The van der Waals surface area contributed by atoms with Crippen LogP contribution in [-0.2, 0) is 22.6 Å². The number of amides is 1. The van der Waals surface area contributed by atoms with E-state index in [0.717, 1.165) is 16.7 Å². The summed E-state index contributed by atoms with van der Waals surface area (Å²) in [7, 11) is 0. The lowest BCUT2D eigenvalue weighted by Crippen LogP contribution is -2.32. The molecular weight excluding hydrogens is 466 g/mol. The van der Waals surface area contributed by atoms with E-state index >= 15 is 0 Å². The molecule has 0 fully saturated rings. The Morgan fingerprint density at radius 1 is 1.00 bits per heavy atom. The summed E-state index contributed by atoms with van der Waals surface area (Å²) < 4.78 is 1.58. The molecule has 2 atom stereocenters. The summed E-state index contributed by atoms with van der Waals surface area (Å²) in [4.78, 5) is 33.1. The number of carboxylic acid groups (broad SMARTS) is 1. The van der Waals surface area contributed by atoms with Crippen molar-refractivity contribution >= 4 is 29.3 Å². The summed E-state index contributed by atoms with van der Waals surface area (Å²) in [5, 5.41) is 13.4. The van der Waals surface area contributed by atoms with Gasteiger partial charge in [-0.05, 0) is 41.3 Å². The molecule has 2 aromatic carbocycles. The molecule has 2 aromatic heterocycles. The van der Waals surface area contributed by atoms with E-state index in [0.29, 0.717) is 16.5 Å². The highest BCUT2D eigenvalue weighted by Crippen LogP contribution is 2.24. The lowest BCUT2D eigenvalue weighted by Gasteiger charge is -2.20. The fourth-order valence-corrected chi connectivity index (χ4v) is 3.91. The van der Waals surface area contributed by atoms with Crippen LogP contribution < -0.4 is 11.1 Å². The Balaban J connectivity index is 1.48. The third-order valence-electron chi connectivity index (χ3n) is 5.56. The topological polar surface area (TPSA) is 123 Å². The van der Waals surface area contributed by atoms with Crippen LogP contribution >= 0.6 is 11.6 Å². The molecule has 4 N–H and O–H groups in total. The number of halogens is 1. The first-order valence-electron chi connectivity index (χ1n) is 10.9. The molecule has 0 bridgehead atoms. The molecule has 35 heavy (non-hydrogen) atoms. The van der Waals surface area contributed by atoms with Crippen LogP contribution in [0.25, 0.3) is 0 Å². The zero-order valence-electron chi connectivity index (χ0n) is 18.7. The van der Waals surface area contributed by atoms with Crippen molar-refractivity contribution in [1.82, 2.24) is 19.9 Å².